The molecule has 2 rings (SSSR count). The van der Waals surface area contributed by atoms with E-state index < -0.39 is 0 Å². The van der Waals surface area contributed by atoms with Crippen molar-refractivity contribution in [2.75, 3.05) is 14.1 Å². The summed E-state index contributed by atoms with van der Waals surface area (Å²) in [5.41, 5.74) is 7.65. The number of hydrogen-bond acceptors (Lipinski definition) is 4. The molecule has 1 aromatic heterocycles. The molecule has 5 nitrogen and oxygen atoms in total. The Bertz CT molecular complexity index is 401. The van der Waals surface area contributed by atoms with E-state index in [4.69, 9.17) is 5.73 Å². The fourth-order valence-corrected chi connectivity index (χ4v) is 3.87. The first-order valence-corrected chi connectivity index (χ1v) is 7.76. The summed E-state index contributed by atoms with van der Waals surface area (Å²) >= 11 is 3.48. The quantitative estimate of drug-likeness (QED) is 0.864. The van der Waals surface area contributed by atoms with Crippen molar-refractivity contribution in [3.05, 3.63) is 10.3 Å². The maximum absolute atomic E-state index is 6.65. The van der Waals surface area contributed by atoms with Crippen LogP contribution in [0.2, 0.25) is 0 Å². The van der Waals surface area contributed by atoms with Crippen LogP contribution in [0.5, 0.6) is 0 Å². The summed E-state index contributed by atoms with van der Waals surface area (Å²) in [6.07, 6.45) is 7.39. The molecule has 19 heavy (non-hydrogen) atoms. The molecule has 0 saturated heterocycles. The molecular weight excluding hydrogens is 306 g/mol. The van der Waals surface area contributed by atoms with E-state index in [1.54, 1.807) is 4.68 Å². The minimum Gasteiger partial charge on any atom is -0.321 e. The second-order valence-electron chi connectivity index (χ2n) is 5.78. The van der Waals surface area contributed by atoms with Crippen LogP contribution in [0.25, 0.3) is 0 Å². The average molecular weight is 330 g/mol. The van der Waals surface area contributed by atoms with Gasteiger partial charge in [-0.25, -0.2) is 4.68 Å². The lowest BCUT2D eigenvalue weighted by molar-refractivity contribution is 0.0934. The van der Waals surface area contributed by atoms with Gasteiger partial charge in [0.1, 0.15) is 0 Å². The molecule has 0 aliphatic heterocycles. The van der Waals surface area contributed by atoms with Crippen molar-refractivity contribution in [2.45, 2.75) is 50.1 Å². The van der Waals surface area contributed by atoms with Gasteiger partial charge in [0.05, 0.1) is 11.7 Å². The molecule has 0 spiro atoms. The van der Waals surface area contributed by atoms with Gasteiger partial charge in [0.2, 0.25) is 0 Å². The Hall–Kier alpha value is -0.460. The average Bonchev–Trinajstić information content (AvgIpc) is 2.58. The summed E-state index contributed by atoms with van der Waals surface area (Å²) in [5.74, 6) is 0. The topological polar surface area (TPSA) is 60.0 Å². The molecule has 108 valence electrons. The third-order valence-corrected chi connectivity index (χ3v) is 5.13. The maximum Gasteiger partial charge on any atom is 0.153 e. The first kappa shape index (κ1) is 14.9. The molecule has 1 heterocycles. The SMILES string of the molecule is CN(C)C1(C(N)c2c(Br)nnn2C)CCCCCC1. The Balaban J connectivity index is 2.38. The Morgan fingerprint density at radius 2 is 1.84 bits per heavy atom. The molecule has 1 saturated carbocycles. The molecule has 6 heteroatoms. The minimum atomic E-state index is -0.0741. The van der Waals surface area contributed by atoms with Crippen molar-refractivity contribution in [1.29, 1.82) is 0 Å². The largest absolute Gasteiger partial charge is 0.321 e. The third kappa shape index (κ3) is 2.71. The number of halogens is 1. The summed E-state index contributed by atoms with van der Waals surface area (Å²) in [6, 6.07) is -0.0741. The normalized spacial score (nSPS) is 21.4. The zero-order valence-electron chi connectivity index (χ0n) is 12.1. The van der Waals surface area contributed by atoms with Crippen LogP contribution in [0.1, 0.15) is 50.3 Å². The number of aromatic nitrogens is 3. The van der Waals surface area contributed by atoms with E-state index >= 15 is 0 Å². The highest BCUT2D eigenvalue weighted by atomic mass is 79.9. The van der Waals surface area contributed by atoms with Gasteiger partial charge in [-0.15, -0.1) is 5.10 Å². The van der Waals surface area contributed by atoms with Gasteiger partial charge in [-0.2, -0.15) is 0 Å². The van der Waals surface area contributed by atoms with Gasteiger partial charge < -0.3 is 10.6 Å². The van der Waals surface area contributed by atoms with Gasteiger partial charge >= 0.3 is 0 Å². The lowest BCUT2D eigenvalue weighted by Crippen LogP contribution is -2.52. The van der Waals surface area contributed by atoms with Crippen LogP contribution in [0.15, 0.2) is 4.60 Å². The van der Waals surface area contributed by atoms with E-state index in [1.165, 1.54) is 25.7 Å². The molecule has 1 atom stereocenters. The van der Waals surface area contributed by atoms with Gasteiger partial charge in [0.25, 0.3) is 0 Å². The summed E-state index contributed by atoms with van der Waals surface area (Å²) in [7, 11) is 6.19. The molecule has 1 aliphatic rings. The summed E-state index contributed by atoms with van der Waals surface area (Å²) in [5, 5.41) is 8.14. The lowest BCUT2D eigenvalue weighted by Gasteiger charge is -2.44. The van der Waals surface area contributed by atoms with E-state index in [9.17, 15) is 0 Å². The van der Waals surface area contributed by atoms with Gasteiger partial charge in [-0.3, -0.25) is 0 Å². The first-order chi connectivity index (χ1) is 8.99. The fraction of sp³-hybridized carbons (Fsp3) is 0.846. The van der Waals surface area contributed by atoms with Gasteiger partial charge in [-0.05, 0) is 42.9 Å². The van der Waals surface area contributed by atoms with Gasteiger partial charge in [-0.1, -0.05) is 30.9 Å². The van der Waals surface area contributed by atoms with Crippen molar-refractivity contribution < 1.29 is 0 Å². The van der Waals surface area contributed by atoms with E-state index in [1.807, 2.05) is 7.05 Å². The van der Waals surface area contributed by atoms with Crippen molar-refractivity contribution in [3.63, 3.8) is 0 Å². The van der Waals surface area contributed by atoms with E-state index in [2.05, 4.69) is 45.2 Å². The first-order valence-electron chi connectivity index (χ1n) is 6.97. The van der Waals surface area contributed by atoms with Crippen molar-refractivity contribution in [2.24, 2.45) is 12.8 Å². The van der Waals surface area contributed by atoms with Crippen molar-refractivity contribution in [3.8, 4) is 0 Å². The molecule has 2 N–H and O–H groups in total. The minimum absolute atomic E-state index is 0.00843. The molecule has 1 unspecified atom stereocenters. The van der Waals surface area contributed by atoms with Crippen LogP contribution in [0.3, 0.4) is 0 Å². The second kappa shape index (κ2) is 5.89. The predicted molar refractivity (Wildman–Crippen MR) is 79.8 cm³/mol. The Kier molecular flexibility index (Phi) is 4.63. The zero-order valence-corrected chi connectivity index (χ0v) is 13.7. The number of nitrogens with two attached hydrogens (primary N) is 1. The fourth-order valence-electron chi connectivity index (χ4n) is 3.30. The number of rotatable bonds is 3. The molecule has 0 radical (unpaired) electrons. The number of likely N-dealkylation sites (N-methyl/N-ethyl adjacent to an activating group) is 1. The van der Waals surface area contributed by atoms with E-state index in [-0.39, 0.29) is 11.6 Å². The summed E-state index contributed by atoms with van der Waals surface area (Å²) in [6.45, 7) is 0. The molecule has 1 fully saturated rings. The van der Waals surface area contributed by atoms with Crippen LogP contribution >= 0.6 is 15.9 Å². The molecule has 1 aliphatic carbocycles. The molecule has 0 bridgehead atoms. The zero-order chi connectivity index (χ0) is 14.0. The number of hydrogen-bond donors (Lipinski definition) is 1. The van der Waals surface area contributed by atoms with Gasteiger partial charge in [0.15, 0.2) is 4.60 Å². The Morgan fingerprint density at radius 3 is 2.26 bits per heavy atom. The summed E-state index contributed by atoms with van der Waals surface area (Å²) < 4.78 is 2.57. The van der Waals surface area contributed by atoms with E-state index in [0.29, 0.717) is 0 Å². The second-order valence-corrected chi connectivity index (χ2v) is 6.53. The lowest BCUT2D eigenvalue weighted by atomic mass is 9.80. The third-order valence-electron chi connectivity index (χ3n) is 4.56. The highest BCUT2D eigenvalue weighted by Crippen LogP contribution is 2.40. The molecule has 0 amide bonds. The van der Waals surface area contributed by atoms with Gasteiger partial charge in [0, 0.05) is 12.6 Å². The number of nitrogens with zero attached hydrogens (tertiary/aromatic N) is 4. The van der Waals surface area contributed by atoms with Crippen molar-refractivity contribution in [1.82, 2.24) is 19.9 Å². The van der Waals surface area contributed by atoms with Crippen LogP contribution in [-0.4, -0.2) is 39.5 Å². The maximum atomic E-state index is 6.65. The van der Waals surface area contributed by atoms with E-state index in [0.717, 1.165) is 23.1 Å². The van der Waals surface area contributed by atoms with Crippen LogP contribution in [0, 0.1) is 0 Å². The standard InChI is InChI=1S/C13H24BrN5/c1-18(2)13(8-6-4-5-7-9-13)11(15)10-12(14)16-17-19(10)3/h11H,4-9,15H2,1-3H3. The highest BCUT2D eigenvalue weighted by Gasteiger charge is 2.42. The van der Waals surface area contributed by atoms with Crippen molar-refractivity contribution >= 4 is 15.9 Å². The molecule has 1 aromatic rings. The van der Waals surface area contributed by atoms with Crippen LogP contribution in [0.4, 0.5) is 0 Å². The number of aryl methyl sites for hydroxylation is 1. The Morgan fingerprint density at radius 1 is 1.26 bits per heavy atom. The predicted octanol–water partition coefficient (Wildman–Crippen LogP) is 2.23. The monoisotopic (exact) mass is 329 g/mol. The molecular formula is C13H24BrN5. The highest BCUT2D eigenvalue weighted by molar-refractivity contribution is 9.10. The Labute approximate surface area is 123 Å². The van der Waals surface area contributed by atoms with Crippen LogP contribution in [-0.2, 0) is 7.05 Å². The van der Waals surface area contributed by atoms with Crippen LogP contribution < -0.4 is 5.73 Å². The molecule has 0 aromatic carbocycles. The smallest absolute Gasteiger partial charge is 0.153 e. The summed E-state index contributed by atoms with van der Waals surface area (Å²) in [4.78, 5) is 2.31.